The Morgan fingerprint density at radius 3 is 2.55 bits per heavy atom. The molecule has 2 fully saturated rings. The molecule has 0 heterocycles. The fraction of sp³-hybridized carbons (Fsp3) is 1.00. The molecule has 64 valence electrons. The van der Waals surface area contributed by atoms with Gasteiger partial charge in [0.25, 0.3) is 5.92 Å². The Labute approximate surface area is 64.4 Å². The molecule has 2 saturated carbocycles. The van der Waals surface area contributed by atoms with Gasteiger partial charge >= 0.3 is 0 Å². The van der Waals surface area contributed by atoms with Gasteiger partial charge in [0.15, 0.2) is 0 Å². The van der Waals surface area contributed by atoms with E-state index in [9.17, 15) is 8.78 Å². The van der Waals surface area contributed by atoms with Crippen LogP contribution in [0.4, 0.5) is 8.78 Å². The van der Waals surface area contributed by atoms with E-state index < -0.39 is 11.8 Å². The van der Waals surface area contributed by atoms with Crippen LogP contribution in [0.3, 0.4) is 0 Å². The maximum atomic E-state index is 12.7. The van der Waals surface area contributed by atoms with Crippen LogP contribution < -0.4 is 0 Å². The number of hydrogen-bond donors (Lipinski definition) is 1. The van der Waals surface area contributed by atoms with Crippen molar-refractivity contribution in [3.8, 4) is 0 Å². The third-order valence-electron chi connectivity index (χ3n) is 3.10. The van der Waals surface area contributed by atoms with Crippen LogP contribution in [-0.4, -0.2) is 17.6 Å². The van der Waals surface area contributed by atoms with Crippen LogP contribution in [0.15, 0.2) is 0 Å². The predicted molar refractivity (Wildman–Crippen MR) is 36.4 cm³/mol. The van der Waals surface area contributed by atoms with Crippen molar-refractivity contribution in [3.63, 3.8) is 0 Å². The zero-order valence-electron chi connectivity index (χ0n) is 6.26. The number of aliphatic hydroxyl groups is 1. The number of alkyl halides is 2. The number of aliphatic hydroxyl groups excluding tert-OH is 1. The average Bonchev–Trinajstić information content (AvgIpc) is 2.55. The van der Waals surface area contributed by atoms with Crippen LogP contribution in [0.5, 0.6) is 0 Å². The molecule has 2 rings (SSSR count). The van der Waals surface area contributed by atoms with Crippen LogP contribution in [0.2, 0.25) is 0 Å². The first-order valence-corrected chi connectivity index (χ1v) is 4.15. The van der Waals surface area contributed by atoms with Gasteiger partial charge in [-0.25, -0.2) is 8.78 Å². The molecule has 0 bridgehead atoms. The van der Waals surface area contributed by atoms with Gasteiger partial charge < -0.3 is 5.11 Å². The van der Waals surface area contributed by atoms with Gasteiger partial charge in [-0.15, -0.1) is 0 Å². The summed E-state index contributed by atoms with van der Waals surface area (Å²) in [5.74, 6) is -2.98. The molecule has 1 N–H and O–H groups in total. The van der Waals surface area contributed by atoms with Crippen molar-refractivity contribution in [3.05, 3.63) is 0 Å². The highest BCUT2D eigenvalue weighted by molar-refractivity contribution is 5.07. The van der Waals surface area contributed by atoms with Gasteiger partial charge in [0.05, 0.1) is 0 Å². The second kappa shape index (κ2) is 2.16. The largest absolute Gasteiger partial charge is 0.396 e. The van der Waals surface area contributed by atoms with Gasteiger partial charge in [0.1, 0.15) is 0 Å². The summed E-state index contributed by atoms with van der Waals surface area (Å²) in [6, 6.07) is 0. The van der Waals surface area contributed by atoms with E-state index in [0.717, 1.165) is 6.42 Å². The summed E-state index contributed by atoms with van der Waals surface area (Å²) in [5.41, 5.74) is 0. The van der Waals surface area contributed by atoms with Gasteiger partial charge in [-0.05, 0) is 25.2 Å². The molecule has 3 unspecified atom stereocenters. The number of hydrogen-bond acceptors (Lipinski definition) is 1. The molecule has 0 aliphatic heterocycles. The van der Waals surface area contributed by atoms with E-state index in [1.165, 1.54) is 0 Å². The quantitative estimate of drug-likeness (QED) is 0.621. The third kappa shape index (κ3) is 0.975. The number of halogens is 2. The first kappa shape index (κ1) is 7.47. The Balaban J connectivity index is 1.97. The maximum absolute atomic E-state index is 12.7. The lowest BCUT2D eigenvalue weighted by Gasteiger charge is -2.16. The molecule has 0 spiro atoms. The fourth-order valence-corrected chi connectivity index (χ4v) is 2.23. The van der Waals surface area contributed by atoms with E-state index in [0.29, 0.717) is 12.8 Å². The standard InChI is InChI=1S/C8H12F2O/c9-8(10)6-2-1-5(4-11)3-7(6)8/h5-7,11H,1-4H2. The van der Waals surface area contributed by atoms with Gasteiger partial charge in [0, 0.05) is 18.4 Å². The SMILES string of the molecule is OCC1CCC2C(C1)C2(F)F. The normalized spacial score (nSPS) is 46.6. The number of rotatable bonds is 1. The molecule has 3 atom stereocenters. The van der Waals surface area contributed by atoms with Crippen LogP contribution in [-0.2, 0) is 0 Å². The molecule has 2 aliphatic carbocycles. The minimum absolute atomic E-state index is 0.0826. The van der Waals surface area contributed by atoms with Crippen molar-refractivity contribution in [1.82, 2.24) is 0 Å². The molecular weight excluding hydrogens is 150 g/mol. The van der Waals surface area contributed by atoms with E-state index in [-0.39, 0.29) is 18.4 Å². The maximum Gasteiger partial charge on any atom is 0.254 e. The Kier molecular flexibility index (Phi) is 1.46. The van der Waals surface area contributed by atoms with Gasteiger partial charge in [-0.1, -0.05) is 0 Å². The molecule has 0 aromatic rings. The second-order valence-corrected chi connectivity index (χ2v) is 3.75. The predicted octanol–water partition coefficient (Wildman–Crippen LogP) is 1.66. The summed E-state index contributed by atoms with van der Waals surface area (Å²) in [6.07, 6.45) is 1.93. The lowest BCUT2D eigenvalue weighted by atomic mass is 9.90. The average molecular weight is 162 g/mol. The lowest BCUT2D eigenvalue weighted by Crippen LogP contribution is -2.11. The zero-order chi connectivity index (χ0) is 8.06. The van der Waals surface area contributed by atoms with Crippen molar-refractivity contribution in [2.24, 2.45) is 17.8 Å². The van der Waals surface area contributed by atoms with E-state index >= 15 is 0 Å². The van der Waals surface area contributed by atoms with E-state index in [1.807, 2.05) is 0 Å². The highest BCUT2D eigenvalue weighted by Crippen LogP contribution is 2.63. The summed E-state index contributed by atoms with van der Waals surface area (Å²) < 4.78 is 25.5. The first-order chi connectivity index (χ1) is 5.16. The molecular formula is C8H12F2O. The third-order valence-corrected chi connectivity index (χ3v) is 3.10. The minimum Gasteiger partial charge on any atom is -0.396 e. The Morgan fingerprint density at radius 2 is 2.00 bits per heavy atom. The molecule has 1 nitrogen and oxygen atoms in total. The van der Waals surface area contributed by atoms with Crippen molar-refractivity contribution in [2.75, 3.05) is 6.61 Å². The van der Waals surface area contributed by atoms with Crippen LogP contribution in [0.25, 0.3) is 0 Å². The summed E-state index contributed by atoms with van der Waals surface area (Å²) in [7, 11) is 0. The lowest BCUT2D eigenvalue weighted by molar-refractivity contribution is 0.0834. The Morgan fingerprint density at radius 1 is 1.27 bits per heavy atom. The molecule has 0 aromatic heterocycles. The van der Waals surface area contributed by atoms with E-state index in [2.05, 4.69) is 0 Å². The molecule has 2 aliphatic rings. The van der Waals surface area contributed by atoms with E-state index in [4.69, 9.17) is 5.11 Å². The van der Waals surface area contributed by atoms with Gasteiger partial charge in [-0.3, -0.25) is 0 Å². The van der Waals surface area contributed by atoms with Crippen molar-refractivity contribution in [1.29, 1.82) is 0 Å². The molecule has 0 aromatic carbocycles. The van der Waals surface area contributed by atoms with Crippen molar-refractivity contribution >= 4 is 0 Å². The van der Waals surface area contributed by atoms with Crippen LogP contribution >= 0.6 is 0 Å². The van der Waals surface area contributed by atoms with Gasteiger partial charge in [0.2, 0.25) is 0 Å². The topological polar surface area (TPSA) is 20.2 Å². The van der Waals surface area contributed by atoms with Crippen LogP contribution in [0.1, 0.15) is 19.3 Å². The molecule has 0 radical (unpaired) electrons. The Bertz CT molecular complexity index is 169. The summed E-state index contributed by atoms with van der Waals surface area (Å²) in [5, 5.41) is 8.75. The van der Waals surface area contributed by atoms with Crippen molar-refractivity contribution in [2.45, 2.75) is 25.2 Å². The first-order valence-electron chi connectivity index (χ1n) is 4.15. The highest BCUT2D eigenvalue weighted by atomic mass is 19.3. The summed E-state index contributed by atoms with van der Waals surface area (Å²) in [4.78, 5) is 0. The molecule has 0 saturated heterocycles. The zero-order valence-corrected chi connectivity index (χ0v) is 6.26. The van der Waals surface area contributed by atoms with Crippen molar-refractivity contribution < 1.29 is 13.9 Å². The Hall–Kier alpha value is -0.180. The molecule has 0 amide bonds. The summed E-state index contributed by atoms with van der Waals surface area (Å²) >= 11 is 0. The minimum atomic E-state index is -2.38. The van der Waals surface area contributed by atoms with E-state index in [1.54, 1.807) is 0 Å². The molecule has 3 heteroatoms. The van der Waals surface area contributed by atoms with Crippen LogP contribution in [0, 0.1) is 17.8 Å². The number of fused-ring (bicyclic) bond motifs is 1. The fourth-order valence-electron chi connectivity index (χ4n) is 2.23. The summed E-state index contributed by atoms with van der Waals surface area (Å²) in [6.45, 7) is 0.0826. The second-order valence-electron chi connectivity index (χ2n) is 3.75. The highest BCUT2D eigenvalue weighted by Gasteiger charge is 2.68. The molecule has 11 heavy (non-hydrogen) atoms. The van der Waals surface area contributed by atoms with Gasteiger partial charge in [-0.2, -0.15) is 0 Å². The smallest absolute Gasteiger partial charge is 0.254 e. The monoisotopic (exact) mass is 162 g/mol.